The van der Waals surface area contributed by atoms with Crippen molar-refractivity contribution in [3.63, 3.8) is 0 Å². The van der Waals surface area contributed by atoms with E-state index in [0.717, 1.165) is 18.2 Å². The van der Waals surface area contributed by atoms with E-state index in [1.165, 1.54) is 0 Å². The molecule has 2 atom stereocenters. The standard InChI is InChI=1S/C14H18N2O2/c1-3-11(2)14(13(17)9-16-15)18-10-12-7-5-4-6-8-12/h4-9,11,14H,3,10H2,1-2H3/t11-,14-/m0/s1. The number of benzene rings is 1. The smallest absolute Gasteiger partial charge is 0.325 e. The summed E-state index contributed by atoms with van der Waals surface area (Å²) in [4.78, 5) is 14.5. The van der Waals surface area contributed by atoms with Crippen LogP contribution in [0.5, 0.6) is 0 Å². The second-order valence-electron chi connectivity index (χ2n) is 4.25. The van der Waals surface area contributed by atoms with Crippen LogP contribution in [0.2, 0.25) is 0 Å². The molecule has 96 valence electrons. The second-order valence-corrected chi connectivity index (χ2v) is 4.25. The van der Waals surface area contributed by atoms with Crippen LogP contribution in [0.1, 0.15) is 25.8 Å². The fraction of sp³-hybridized carbons (Fsp3) is 0.429. The predicted octanol–water partition coefficient (Wildman–Crippen LogP) is 2.49. The monoisotopic (exact) mass is 246 g/mol. The van der Waals surface area contributed by atoms with Gasteiger partial charge in [-0.15, -0.1) is 0 Å². The van der Waals surface area contributed by atoms with Crippen LogP contribution in [0.25, 0.3) is 5.53 Å². The number of carbonyl (C=O) groups excluding carboxylic acids is 1. The maximum atomic E-state index is 11.7. The van der Waals surface area contributed by atoms with Crippen LogP contribution < -0.4 is 0 Å². The molecule has 0 spiro atoms. The molecule has 0 aliphatic carbocycles. The number of nitrogens with zero attached hydrogens (tertiary/aromatic N) is 2. The summed E-state index contributed by atoms with van der Waals surface area (Å²) in [6, 6.07) is 9.66. The summed E-state index contributed by atoms with van der Waals surface area (Å²) in [5, 5.41) is 0. The quantitative estimate of drug-likeness (QED) is 0.421. The van der Waals surface area contributed by atoms with Crippen LogP contribution in [0, 0.1) is 5.92 Å². The van der Waals surface area contributed by atoms with E-state index >= 15 is 0 Å². The van der Waals surface area contributed by atoms with Crippen molar-refractivity contribution in [3.8, 4) is 0 Å². The molecule has 1 aromatic carbocycles. The maximum Gasteiger partial charge on any atom is 0.325 e. The lowest BCUT2D eigenvalue weighted by molar-refractivity contribution is -0.131. The van der Waals surface area contributed by atoms with E-state index in [4.69, 9.17) is 10.3 Å². The number of carbonyl (C=O) groups is 1. The Morgan fingerprint density at radius 1 is 1.44 bits per heavy atom. The third-order valence-electron chi connectivity index (χ3n) is 2.90. The largest absolute Gasteiger partial charge is 0.365 e. The Morgan fingerprint density at radius 3 is 2.67 bits per heavy atom. The Hall–Kier alpha value is -1.77. The first-order valence-electron chi connectivity index (χ1n) is 6.05. The zero-order valence-corrected chi connectivity index (χ0v) is 10.7. The molecule has 4 heteroatoms. The normalized spacial score (nSPS) is 13.4. The molecule has 0 fully saturated rings. The van der Waals surface area contributed by atoms with Gasteiger partial charge >= 0.3 is 6.21 Å². The summed E-state index contributed by atoms with van der Waals surface area (Å²) in [6.45, 7) is 4.31. The van der Waals surface area contributed by atoms with Gasteiger partial charge in [-0.2, -0.15) is 4.79 Å². The van der Waals surface area contributed by atoms with Crippen LogP contribution in [0.15, 0.2) is 30.3 Å². The van der Waals surface area contributed by atoms with E-state index in [0.29, 0.717) is 6.61 Å². The highest BCUT2D eigenvalue weighted by atomic mass is 16.5. The molecule has 0 saturated heterocycles. The second kappa shape index (κ2) is 7.54. The summed E-state index contributed by atoms with van der Waals surface area (Å²) in [7, 11) is 0. The molecule has 0 aromatic heterocycles. The van der Waals surface area contributed by atoms with Crippen LogP contribution >= 0.6 is 0 Å². The van der Waals surface area contributed by atoms with E-state index in [2.05, 4.69) is 4.79 Å². The van der Waals surface area contributed by atoms with Crippen LogP contribution in [-0.4, -0.2) is 22.9 Å². The van der Waals surface area contributed by atoms with Gasteiger partial charge in [0.05, 0.1) is 6.61 Å². The van der Waals surface area contributed by atoms with Crippen molar-refractivity contribution < 1.29 is 14.3 Å². The molecular formula is C14H18N2O2. The third-order valence-corrected chi connectivity index (χ3v) is 2.90. The van der Waals surface area contributed by atoms with Gasteiger partial charge in [-0.3, -0.25) is 4.79 Å². The molecule has 0 aliphatic rings. The van der Waals surface area contributed by atoms with Crippen LogP contribution in [-0.2, 0) is 16.1 Å². The first-order chi connectivity index (χ1) is 8.69. The maximum absolute atomic E-state index is 11.7. The summed E-state index contributed by atoms with van der Waals surface area (Å²) >= 11 is 0. The van der Waals surface area contributed by atoms with Gasteiger partial charge in [0.1, 0.15) is 6.10 Å². The summed E-state index contributed by atoms with van der Waals surface area (Å²) in [5.74, 6) is -0.220. The van der Waals surface area contributed by atoms with E-state index in [1.54, 1.807) is 0 Å². The van der Waals surface area contributed by atoms with Crippen molar-refractivity contribution in [1.82, 2.24) is 0 Å². The number of ketones is 1. The topological polar surface area (TPSA) is 62.7 Å². The highest BCUT2D eigenvalue weighted by molar-refractivity contribution is 6.27. The van der Waals surface area contributed by atoms with Gasteiger partial charge in [-0.05, 0) is 11.5 Å². The zero-order valence-electron chi connectivity index (χ0n) is 10.7. The van der Waals surface area contributed by atoms with Crippen LogP contribution in [0.4, 0.5) is 0 Å². The van der Waals surface area contributed by atoms with Gasteiger partial charge in [0.2, 0.25) is 0 Å². The lowest BCUT2D eigenvalue weighted by atomic mass is 9.98. The number of ether oxygens (including phenoxy) is 1. The SMILES string of the molecule is CC[C@H](C)[C@H](OCc1ccccc1)C(=O)C=[N+]=[N-]. The van der Waals surface area contributed by atoms with E-state index in [-0.39, 0.29) is 11.7 Å². The molecule has 4 nitrogen and oxygen atoms in total. The Balaban J connectivity index is 2.67. The highest BCUT2D eigenvalue weighted by Crippen LogP contribution is 2.14. The third kappa shape index (κ3) is 4.24. The number of hydrogen-bond acceptors (Lipinski definition) is 2. The Labute approximate surface area is 107 Å². The predicted molar refractivity (Wildman–Crippen MR) is 69.2 cm³/mol. The first kappa shape index (κ1) is 14.3. The van der Waals surface area contributed by atoms with Gasteiger partial charge < -0.3 is 10.3 Å². The molecule has 0 N–H and O–H groups in total. The molecule has 0 amide bonds. The molecule has 0 radical (unpaired) electrons. The molecule has 0 heterocycles. The van der Waals surface area contributed by atoms with Crippen LogP contribution in [0.3, 0.4) is 0 Å². The fourth-order valence-electron chi connectivity index (χ4n) is 1.63. The van der Waals surface area contributed by atoms with E-state index in [9.17, 15) is 4.79 Å². The zero-order chi connectivity index (χ0) is 13.4. The molecule has 0 aliphatic heterocycles. The highest BCUT2D eigenvalue weighted by Gasteiger charge is 2.26. The Bertz CT molecular complexity index is 425. The number of Topliss-reactive ketones (excluding diaryl/α,β-unsaturated/α-hetero) is 1. The molecule has 0 unspecified atom stereocenters. The average molecular weight is 246 g/mol. The molecule has 1 aromatic rings. The van der Waals surface area contributed by atoms with Crippen molar-refractivity contribution in [2.75, 3.05) is 0 Å². The van der Waals surface area contributed by atoms with Gasteiger partial charge in [0.25, 0.3) is 5.78 Å². The van der Waals surface area contributed by atoms with Crippen molar-refractivity contribution in [1.29, 1.82) is 0 Å². The molecule has 0 saturated carbocycles. The van der Waals surface area contributed by atoms with E-state index < -0.39 is 6.10 Å². The average Bonchev–Trinajstić information content (AvgIpc) is 2.40. The lowest BCUT2D eigenvalue weighted by Crippen LogP contribution is -2.31. The van der Waals surface area contributed by atoms with E-state index in [1.807, 2.05) is 44.2 Å². The molecule has 18 heavy (non-hydrogen) atoms. The number of hydrogen-bond donors (Lipinski definition) is 0. The first-order valence-corrected chi connectivity index (χ1v) is 6.05. The van der Waals surface area contributed by atoms with Crippen molar-refractivity contribution in [2.24, 2.45) is 5.92 Å². The molecular weight excluding hydrogens is 228 g/mol. The van der Waals surface area contributed by atoms with Gasteiger partial charge in [-0.1, -0.05) is 50.6 Å². The summed E-state index contributed by atoms with van der Waals surface area (Å²) < 4.78 is 5.64. The van der Waals surface area contributed by atoms with Crippen molar-refractivity contribution >= 4 is 12.0 Å². The van der Waals surface area contributed by atoms with Gasteiger partial charge in [0.15, 0.2) is 0 Å². The minimum atomic E-state index is -0.564. The Morgan fingerprint density at radius 2 is 2.11 bits per heavy atom. The minimum absolute atomic E-state index is 0.0826. The minimum Gasteiger partial charge on any atom is -0.365 e. The molecule has 0 bridgehead atoms. The Kier molecular flexibility index (Phi) is 5.98. The summed E-state index contributed by atoms with van der Waals surface area (Å²) in [6.07, 6.45) is 1.16. The number of rotatable bonds is 7. The fourth-order valence-corrected chi connectivity index (χ4v) is 1.63. The molecule has 1 rings (SSSR count). The van der Waals surface area contributed by atoms with Gasteiger partial charge in [-0.25, -0.2) is 0 Å². The van der Waals surface area contributed by atoms with Crippen molar-refractivity contribution in [2.45, 2.75) is 33.0 Å². The lowest BCUT2D eigenvalue weighted by Gasteiger charge is -2.19. The van der Waals surface area contributed by atoms with Gasteiger partial charge in [0, 0.05) is 0 Å². The van der Waals surface area contributed by atoms with Crippen molar-refractivity contribution in [3.05, 3.63) is 41.4 Å². The summed E-state index contributed by atoms with van der Waals surface area (Å²) in [5.41, 5.74) is 9.43.